The standard InChI is InChI=1S/C25H32BrN3O4S/c1-18-8-4-7-11-23(18)29(34(3,32)33)17-24(30)28(16-20-12-14-21(26)15-13-20)19(2)25(31)27-22-9-5-6-10-22/h4,7-8,11-15,19,22H,5-6,9-10,16-17H2,1-3H3,(H,27,31). The molecule has 1 saturated carbocycles. The summed E-state index contributed by atoms with van der Waals surface area (Å²) in [5.41, 5.74) is 2.04. The molecule has 3 rings (SSSR count). The molecule has 2 amide bonds. The van der Waals surface area contributed by atoms with Crippen LogP contribution in [0.5, 0.6) is 0 Å². The van der Waals surface area contributed by atoms with Crippen LogP contribution in [0.3, 0.4) is 0 Å². The molecule has 184 valence electrons. The SMILES string of the molecule is Cc1ccccc1N(CC(=O)N(Cc1ccc(Br)cc1)C(C)C(=O)NC1CCCC1)S(C)(=O)=O. The predicted molar refractivity (Wildman–Crippen MR) is 138 cm³/mol. The monoisotopic (exact) mass is 549 g/mol. The summed E-state index contributed by atoms with van der Waals surface area (Å²) >= 11 is 3.41. The Morgan fingerprint density at radius 1 is 1.09 bits per heavy atom. The highest BCUT2D eigenvalue weighted by Crippen LogP contribution is 2.23. The van der Waals surface area contributed by atoms with Crippen molar-refractivity contribution in [1.82, 2.24) is 10.2 Å². The second kappa shape index (κ2) is 11.4. The molecule has 2 aromatic rings. The van der Waals surface area contributed by atoms with Gasteiger partial charge in [0.1, 0.15) is 12.6 Å². The maximum absolute atomic E-state index is 13.6. The lowest BCUT2D eigenvalue weighted by Crippen LogP contribution is -2.52. The number of para-hydroxylation sites is 1. The fourth-order valence-electron chi connectivity index (χ4n) is 4.20. The third-order valence-corrected chi connectivity index (χ3v) is 7.85. The third kappa shape index (κ3) is 6.82. The van der Waals surface area contributed by atoms with Crippen LogP contribution < -0.4 is 9.62 Å². The minimum Gasteiger partial charge on any atom is -0.352 e. The van der Waals surface area contributed by atoms with E-state index in [9.17, 15) is 18.0 Å². The second-order valence-corrected chi connectivity index (χ2v) is 11.7. The number of carbonyl (C=O) groups is 2. The number of carbonyl (C=O) groups excluding carboxylic acids is 2. The lowest BCUT2D eigenvalue weighted by molar-refractivity contribution is -0.139. The van der Waals surface area contributed by atoms with Gasteiger partial charge < -0.3 is 10.2 Å². The molecule has 7 nitrogen and oxygen atoms in total. The van der Waals surface area contributed by atoms with Crippen molar-refractivity contribution >= 4 is 43.5 Å². The Hall–Kier alpha value is -2.39. The van der Waals surface area contributed by atoms with Gasteiger partial charge in [-0.2, -0.15) is 0 Å². The molecule has 1 aliphatic carbocycles. The van der Waals surface area contributed by atoms with Crippen molar-refractivity contribution in [2.24, 2.45) is 0 Å². The fourth-order valence-corrected chi connectivity index (χ4v) is 5.37. The highest BCUT2D eigenvalue weighted by Gasteiger charge is 2.31. The first kappa shape index (κ1) is 26.2. The first-order valence-corrected chi connectivity index (χ1v) is 14.1. The van der Waals surface area contributed by atoms with E-state index in [2.05, 4.69) is 21.2 Å². The fraction of sp³-hybridized carbons (Fsp3) is 0.440. The number of anilines is 1. The predicted octanol–water partition coefficient (Wildman–Crippen LogP) is 4.00. The highest BCUT2D eigenvalue weighted by molar-refractivity contribution is 9.10. The van der Waals surface area contributed by atoms with E-state index in [1.54, 1.807) is 32.0 Å². The molecule has 0 aromatic heterocycles. The number of hydrogen-bond acceptors (Lipinski definition) is 4. The van der Waals surface area contributed by atoms with Gasteiger partial charge in [-0.05, 0) is 56.0 Å². The van der Waals surface area contributed by atoms with Crippen LogP contribution in [0.15, 0.2) is 53.0 Å². The van der Waals surface area contributed by atoms with Crippen LogP contribution in [0.1, 0.15) is 43.7 Å². The number of sulfonamides is 1. The number of benzene rings is 2. The molecular formula is C25H32BrN3O4S. The van der Waals surface area contributed by atoms with Crippen LogP contribution in [0.4, 0.5) is 5.69 Å². The Morgan fingerprint density at radius 2 is 1.71 bits per heavy atom. The van der Waals surface area contributed by atoms with Gasteiger partial charge >= 0.3 is 0 Å². The Labute approximate surface area is 210 Å². The summed E-state index contributed by atoms with van der Waals surface area (Å²) in [7, 11) is -3.73. The molecule has 2 aromatic carbocycles. The van der Waals surface area contributed by atoms with E-state index in [0.29, 0.717) is 5.69 Å². The Kier molecular flexibility index (Phi) is 8.76. The number of aryl methyl sites for hydroxylation is 1. The maximum Gasteiger partial charge on any atom is 0.244 e. The van der Waals surface area contributed by atoms with E-state index in [0.717, 1.165) is 51.8 Å². The quantitative estimate of drug-likeness (QED) is 0.512. The summed E-state index contributed by atoms with van der Waals surface area (Å²) in [4.78, 5) is 28.1. The molecule has 0 spiro atoms. The van der Waals surface area contributed by atoms with Crippen LogP contribution in [-0.2, 0) is 26.2 Å². The topological polar surface area (TPSA) is 86.8 Å². The smallest absolute Gasteiger partial charge is 0.244 e. The third-order valence-electron chi connectivity index (χ3n) is 6.20. The number of nitrogens with zero attached hydrogens (tertiary/aromatic N) is 2. The molecule has 0 heterocycles. The van der Waals surface area contributed by atoms with Gasteiger partial charge in [-0.15, -0.1) is 0 Å². The van der Waals surface area contributed by atoms with Crippen molar-refractivity contribution in [3.63, 3.8) is 0 Å². The zero-order valence-corrected chi connectivity index (χ0v) is 22.2. The summed E-state index contributed by atoms with van der Waals surface area (Å²) in [6.07, 6.45) is 5.13. The Bertz CT molecular complexity index is 1120. The summed E-state index contributed by atoms with van der Waals surface area (Å²) in [6.45, 7) is 3.30. The molecule has 9 heteroatoms. The van der Waals surface area contributed by atoms with Crippen LogP contribution >= 0.6 is 15.9 Å². The van der Waals surface area contributed by atoms with Gasteiger partial charge in [0.05, 0.1) is 11.9 Å². The number of nitrogens with one attached hydrogen (secondary N) is 1. The normalized spacial score (nSPS) is 15.1. The highest BCUT2D eigenvalue weighted by atomic mass is 79.9. The van der Waals surface area contributed by atoms with E-state index in [4.69, 9.17) is 0 Å². The Balaban J connectivity index is 1.88. The van der Waals surface area contributed by atoms with Crippen molar-refractivity contribution in [2.75, 3.05) is 17.1 Å². The number of hydrogen-bond donors (Lipinski definition) is 1. The number of rotatable bonds is 9. The van der Waals surface area contributed by atoms with Gasteiger partial charge in [-0.3, -0.25) is 13.9 Å². The minimum absolute atomic E-state index is 0.124. The van der Waals surface area contributed by atoms with E-state index < -0.39 is 22.0 Å². The molecule has 34 heavy (non-hydrogen) atoms. The van der Waals surface area contributed by atoms with Crippen molar-refractivity contribution in [1.29, 1.82) is 0 Å². The molecule has 1 atom stereocenters. The molecule has 0 saturated heterocycles. The van der Waals surface area contributed by atoms with Gasteiger partial charge in [0.15, 0.2) is 0 Å². The summed E-state index contributed by atoms with van der Waals surface area (Å²) in [5, 5.41) is 3.06. The van der Waals surface area contributed by atoms with Gasteiger partial charge in [0, 0.05) is 17.1 Å². The van der Waals surface area contributed by atoms with Crippen molar-refractivity contribution < 1.29 is 18.0 Å². The van der Waals surface area contributed by atoms with Crippen LogP contribution in [0.2, 0.25) is 0 Å². The van der Waals surface area contributed by atoms with Gasteiger partial charge in [-0.1, -0.05) is 59.1 Å². The number of halogens is 1. The van der Waals surface area contributed by atoms with E-state index in [1.165, 1.54) is 4.90 Å². The molecule has 1 aliphatic rings. The van der Waals surface area contributed by atoms with E-state index in [1.807, 2.05) is 30.3 Å². The van der Waals surface area contributed by atoms with Crippen LogP contribution in [0, 0.1) is 6.92 Å². The minimum atomic E-state index is -3.73. The van der Waals surface area contributed by atoms with Gasteiger partial charge in [0.25, 0.3) is 0 Å². The van der Waals surface area contributed by atoms with Crippen LogP contribution in [-0.4, -0.2) is 50.0 Å². The average Bonchev–Trinajstić information content (AvgIpc) is 3.29. The molecule has 0 bridgehead atoms. The lowest BCUT2D eigenvalue weighted by Gasteiger charge is -2.32. The zero-order chi connectivity index (χ0) is 24.9. The maximum atomic E-state index is 13.6. The van der Waals surface area contributed by atoms with Crippen molar-refractivity contribution in [3.8, 4) is 0 Å². The second-order valence-electron chi connectivity index (χ2n) is 8.87. The lowest BCUT2D eigenvalue weighted by atomic mass is 10.1. The van der Waals surface area contributed by atoms with E-state index in [-0.39, 0.29) is 25.0 Å². The van der Waals surface area contributed by atoms with Crippen LogP contribution in [0.25, 0.3) is 0 Å². The Morgan fingerprint density at radius 3 is 2.29 bits per heavy atom. The first-order valence-electron chi connectivity index (χ1n) is 11.4. The number of amides is 2. The largest absolute Gasteiger partial charge is 0.352 e. The average molecular weight is 551 g/mol. The molecule has 1 unspecified atom stereocenters. The van der Waals surface area contributed by atoms with Crippen molar-refractivity contribution in [2.45, 2.75) is 58.2 Å². The molecule has 0 radical (unpaired) electrons. The van der Waals surface area contributed by atoms with E-state index >= 15 is 0 Å². The van der Waals surface area contributed by atoms with Crippen molar-refractivity contribution in [3.05, 3.63) is 64.1 Å². The molecule has 1 fully saturated rings. The summed E-state index contributed by atoms with van der Waals surface area (Å²) in [5.74, 6) is -0.662. The molecule has 0 aliphatic heterocycles. The van der Waals surface area contributed by atoms with Gasteiger partial charge in [0.2, 0.25) is 21.8 Å². The zero-order valence-electron chi connectivity index (χ0n) is 19.8. The summed E-state index contributed by atoms with van der Waals surface area (Å²) < 4.78 is 27.3. The first-order chi connectivity index (χ1) is 16.1. The van der Waals surface area contributed by atoms with Gasteiger partial charge in [-0.25, -0.2) is 8.42 Å². The molecular weight excluding hydrogens is 518 g/mol. The molecule has 1 N–H and O–H groups in total. The summed E-state index contributed by atoms with van der Waals surface area (Å²) in [6, 6.07) is 13.9.